The van der Waals surface area contributed by atoms with Crippen LogP contribution in [0.3, 0.4) is 0 Å². The molecule has 1 atom stereocenters. The lowest BCUT2D eigenvalue weighted by atomic mass is 10.00. The van der Waals surface area contributed by atoms with Gasteiger partial charge in [0.25, 0.3) is 0 Å². The van der Waals surface area contributed by atoms with Gasteiger partial charge in [0.2, 0.25) is 0 Å². The molecule has 0 saturated heterocycles. The summed E-state index contributed by atoms with van der Waals surface area (Å²) in [7, 11) is 1.99. The summed E-state index contributed by atoms with van der Waals surface area (Å²) in [5.74, 6) is 0. The third-order valence-corrected chi connectivity index (χ3v) is 7.64. The largest absolute Gasteiger partial charge is 0.334 e. The number of imidazole rings is 1. The summed E-state index contributed by atoms with van der Waals surface area (Å²) < 4.78 is 2.00. The van der Waals surface area contributed by atoms with Crippen LogP contribution in [0.4, 0.5) is 10.5 Å². The number of aryl methyl sites for hydroxylation is 1. The second kappa shape index (κ2) is 11.8. The molecule has 0 aliphatic carbocycles. The number of nitrogens with zero attached hydrogens (tertiary/aromatic N) is 2. The van der Waals surface area contributed by atoms with Crippen LogP contribution in [-0.4, -0.2) is 15.6 Å². The Bertz CT molecular complexity index is 1500. The Labute approximate surface area is 228 Å². The smallest absolute Gasteiger partial charge is 0.319 e. The van der Waals surface area contributed by atoms with Crippen molar-refractivity contribution in [3.63, 3.8) is 0 Å². The molecule has 0 spiro atoms. The minimum Gasteiger partial charge on any atom is -0.334 e. The molecular weight excluding hydrogens is 488 g/mol. The van der Waals surface area contributed by atoms with Gasteiger partial charge in [-0.2, -0.15) is 0 Å². The average molecular weight is 519 g/mol. The summed E-state index contributed by atoms with van der Waals surface area (Å²) in [4.78, 5) is 17.0. The predicted molar refractivity (Wildman–Crippen MR) is 157 cm³/mol. The van der Waals surface area contributed by atoms with E-state index >= 15 is 0 Å². The van der Waals surface area contributed by atoms with Gasteiger partial charge >= 0.3 is 6.03 Å². The Hall–Kier alpha value is -4.29. The fraction of sp³-hybridized carbons (Fsp3) is 0.125. The van der Waals surface area contributed by atoms with E-state index in [2.05, 4.69) is 101 Å². The Morgan fingerprint density at radius 1 is 0.842 bits per heavy atom. The highest BCUT2D eigenvalue weighted by Crippen LogP contribution is 2.34. The Morgan fingerprint density at radius 3 is 2.11 bits per heavy atom. The number of carbonyl (C=O) groups excluding carboxylic acids is 1. The van der Waals surface area contributed by atoms with Crippen molar-refractivity contribution in [3.8, 4) is 22.3 Å². The lowest BCUT2D eigenvalue weighted by molar-refractivity contribution is 0.251. The number of nitrogens with one attached hydrogen (secondary N) is 2. The molecule has 0 aliphatic heterocycles. The standard InChI is InChI=1S/C32H30N4OS/c1-23(38-32-33-19-20-36(32)2)29-9-6-10-30(21-29)35-31(37)34-22-24-11-13-26(14-12-24)28-17-15-27(16-18-28)25-7-4-3-5-8-25/h3-21,23H,22H2,1-2H3,(H2,34,35,37). The monoisotopic (exact) mass is 518 g/mol. The lowest BCUT2D eigenvalue weighted by Gasteiger charge is -2.14. The zero-order valence-electron chi connectivity index (χ0n) is 21.5. The molecule has 5 rings (SSSR count). The van der Waals surface area contributed by atoms with Crippen molar-refractivity contribution < 1.29 is 4.79 Å². The highest BCUT2D eigenvalue weighted by Gasteiger charge is 2.12. The van der Waals surface area contributed by atoms with Crippen LogP contribution < -0.4 is 10.6 Å². The number of carbonyl (C=O) groups is 1. The normalized spacial score (nSPS) is 11.6. The number of urea groups is 1. The number of thioether (sulfide) groups is 1. The zero-order chi connectivity index (χ0) is 26.3. The van der Waals surface area contributed by atoms with Crippen LogP contribution in [0, 0.1) is 0 Å². The van der Waals surface area contributed by atoms with E-state index in [1.807, 2.05) is 42.1 Å². The molecule has 0 radical (unpaired) electrons. The van der Waals surface area contributed by atoms with Crippen molar-refractivity contribution in [2.75, 3.05) is 5.32 Å². The molecule has 1 aromatic heterocycles. The summed E-state index contributed by atoms with van der Waals surface area (Å²) in [6, 6.07) is 35.0. The van der Waals surface area contributed by atoms with E-state index in [1.165, 1.54) is 11.1 Å². The molecule has 0 saturated carbocycles. The number of anilines is 1. The van der Waals surface area contributed by atoms with Crippen molar-refractivity contribution in [1.29, 1.82) is 0 Å². The van der Waals surface area contributed by atoms with Gasteiger partial charge in [0, 0.05) is 36.9 Å². The first-order valence-electron chi connectivity index (χ1n) is 12.6. The summed E-state index contributed by atoms with van der Waals surface area (Å²) in [6.07, 6.45) is 3.74. The maximum absolute atomic E-state index is 12.6. The van der Waals surface area contributed by atoms with Crippen LogP contribution in [0.1, 0.15) is 23.3 Å². The van der Waals surface area contributed by atoms with E-state index in [-0.39, 0.29) is 11.3 Å². The first-order chi connectivity index (χ1) is 18.5. The number of amides is 2. The molecule has 0 fully saturated rings. The summed E-state index contributed by atoms with van der Waals surface area (Å²) in [6.45, 7) is 2.59. The zero-order valence-corrected chi connectivity index (χ0v) is 22.3. The second-order valence-electron chi connectivity index (χ2n) is 9.15. The molecule has 1 unspecified atom stereocenters. The van der Waals surface area contributed by atoms with Crippen molar-refractivity contribution in [2.24, 2.45) is 7.05 Å². The van der Waals surface area contributed by atoms with E-state index in [9.17, 15) is 4.79 Å². The van der Waals surface area contributed by atoms with Gasteiger partial charge in [0.1, 0.15) is 0 Å². The molecule has 2 N–H and O–H groups in total. The van der Waals surface area contributed by atoms with E-state index in [4.69, 9.17) is 0 Å². The predicted octanol–water partition coefficient (Wildman–Crippen LogP) is 7.93. The van der Waals surface area contributed by atoms with E-state index in [0.717, 1.165) is 33.1 Å². The minimum absolute atomic E-state index is 0.203. The number of rotatable bonds is 8. The van der Waals surface area contributed by atoms with Gasteiger partial charge < -0.3 is 15.2 Å². The van der Waals surface area contributed by atoms with Crippen LogP contribution in [0.15, 0.2) is 121 Å². The van der Waals surface area contributed by atoms with Gasteiger partial charge in [-0.05, 0) is 52.4 Å². The van der Waals surface area contributed by atoms with Crippen LogP contribution in [0.2, 0.25) is 0 Å². The van der Waals surface area contributed by atoms with Gasteiger partial charge in [-0.15, -0.1) is 0 Å². The van der Waals surface area contributed by atoms with Crippen LogP contribution >= 0.6 is 11.8 Å². The molecule has 5 nitrogen and oxygen atoms in total. The topological polar surface area (TPSA) is 59.0 Å². The van der Waals surface area contributed by atoms with Crippen molar-refractivity contribution >= 4 is 23.5 Å². The highest BCUT2D eigenvalue weighted by molar-refractivity contribution is 7.99. The van der Waals surface area contributed by atoms with Crippen molar-refractivity contribution in [2.45, 2.75) is 23.9 Å². The quantitative estimate of drug-likeness (QED) is 0.205. The lowest BCUT2D eigenvalue weighted by Crippen LogP contribution is -2.28. The molecule has 38 heavy (non-hydrogen) atoms. The van der Waals surface area contributed by atoms with E-state index in [0.29, 0.717) is 6.54 Å². The third-order valence-electron chi connectivity index (χ3n) is 6.41. The maximum Gasteiger partial charge on any atom is 0.319 e. The minimum atomic E-state index is -0.230. The Morgan fingerprint density at radius 2 is 1.47 bits per heavy atom. The highest BCUT2D eigenvalue weighted by atomic mass is 32.2. The van der Waals surface area contributed by atoms with Crippen LogP contribution in [0.25, 0.3) is 22.3 Å². The number of hydrogen-bond acceptors (Lipinski definition) is 3. The van der Waals surface area contributed by atoms with Gasteiger partial charge in [-0.25, -0.2) is 9.78 Å². The first kappa shape index (κ1) is 25.4. The average Bonchev–Trinajstić information content (AvgIpc) is 3.37. The number of benzene rings is 4. The van der Waals surface area contributed by atoms with Crippen molar-refractivity contribution in [3.05, 3.63) is 127 Å². The fourth-order valence-electron chi connectivity index (χ4n) is 4.22. The molecule has 0 aliphatic rings. The summed E-state index contributed by atoms with van der Waals surface area (Å²) in [5.41, 5.74) is 7.66. The molecular formula is C32H30N4OS. The van der Waals surface area contributed by atoms with Crippen LogP contribution in [0.5, 0.6) is 0 Å². The number of aromatic nitrogens is 2. The maximum atomic E-state index is 12.6. The van der Waals surface area contributed by atoms with Gasteiger partial charge in [-0.3, -0.25) is 0 Å². The second-order valence-corrected chi connectivity index (χ2v) is 10.5. The van der Waals surface area contributed by atoms with Crippen molar-refractivity contribution in [1.82, 2.24) is 14.9 Å². The van der Waals surface area contributed by atoms with E-state index < -0.39 is 0 Å². The summed E-state index contributed by atoms with van der Waals surface area (Å²) in [5, 5.41) is 7.07. The summed E-state index contributed by atoms with van der Waals surface area (Å²) >= 11 is 1.69. The molecule has 1 heterocycles. The van der Waals surface area contributed by atoms with Gasteiger partial charge in [0.15, 0.2) is 5.16 Å². The molecule has 6 heteroatoms. The van der Waals surface area contributed by atoms with E-state index in [1.54, 1.807) is 18.0 Å². The number of hydrogen-bond donors (Lipinski definition) is 2. The molecule has 2 amide bonds. The Kier molecular flexibility index (Phi) is 7.90. The SMILES string of the molecule is CC(Sc1nccn1C)c1cccc(NC(=O)NCc2ccc(-c3ccc(-c4ccccc4)cc3)cc2)c1. The molecule has 190 valence electrons. The third kappa shape index (κ3) is 6.33. The van der Waals surface area contributed by atoms with Crippen LogP contribution in [-0.2, 0) is 13.6 Å². The molecule has 5 aromatic rings. The molecule has 0 bridgehead atoms. The fourth-order valence-corrected chi connectivity index (χ4v) is 5.17. The van der Waals surface area contributed by atoms with Gasteiger partial charge in [0.05, 0.1) is 0 Å². The van der Waals surface area contributed by atoms with Gasteiger partial charge in [-0.1, -0.05) is 103 Å². The first-order valence-corrected chi connectivity index (χ1v) is 13.5. The molecule has 4 aromatic carbocycles. The Balaban J connectivity index is 1.14.